The molecule has 3 aromatic rings. The van der Waals surface area contributed by atoms with Crippen LogP contribution in [0.5, 0.6) is 0 Å². The minimum atomic E-state index is -1.33. The van der Waals surface area contributed by atoms with Crippen LogP contribution in [0.15, 0.2) is 23.1 Å². The molecule has 0 radical (unpaired) electrons. The van der Waals surface area contributed by atoms with Crippen LogP contribution in [0, 0.1) is 0 Å². The zero-order valence-electron chi connectivity index (χ0n) is 17.6. The molecule has 0 bridgehead atoms. The van der Waals surface area contributed by atoms with Gasteiger partial charge in [-0.2, -0.15) is 5.10 Å². The van der Waals surface area contributed by atoms with Crippen molar-refractivity contribution in [1.82, 2.24) is 19.3 Å². The molecule has 164 valence electrons. The van der Waals surface area contributed by atoms with Gasteiger partial charge in [0.15, 0.2) is 0 Å². The molecular weight excluding hydrogens is 421 g/mol. The highest BCUT2D eigenvalue weighted by atomic mass is 35.5. The Morgan fingerprint density at radius 1 is 1.23 bits per heavy atom. The zero-order chi connectivity index (χ0) is 21.9. The molecule has 0 amide bonds. The van der Waals surface area contributed by atoms with Gasteiger partial charge in [-0.25, -0.2) is 9.37 Å². The van der Waals surface area contributed by atoms with Crippen LogP contribution < -0.4 is 21.1 Å². The van der Waals surface area contributed by atoms with Crippen LogP contribution in [-0.2, 0) is 20.5 Å². The first kappa shape index (κ1) is 20.3. The molecule has 0 unspecified atom stereocenters. The second-order valence-corrected chi connectivity index (χ2v) is 8.83. The smallest absolute Gasteiger partial charge is 0.278 e. The van der Waals surface area contributed by atoms with Crippen molar-refractivity contribution in [3.8, 4) is 0 Å². The summed E-state index contributed by atoms with van der Waals surface area (Å²) in [6.45, 7) is 1.61. The summed E-state index contributed by atoms with van der Waals surface area (Å²) in [5.41, 5.74) is 7.00. The lowest BCUT2D eigenvalue weighted by Gasteiger charge is -2.36. The fraction of sp³-hybridized carbons (Fsp3) is 0.476. The Hall–Kier alpha value is -2.65. The SMILES string of the molecule is Cn1cc2c(Cl)c(N3CCc4nc(N5CCC(F)(CN)CC5)n(C)c(=O)c43)ccc2n1. The summed E-state index contributed by atoms with van der Waals surface area (Å²) < 4.78 is 17.8. The second kappa shape index (κ2) is 7.20. The van der Waals surface area contributed by atoms with Gasteiger partial charge < -0.3 is 15.5 Å². The fourth-order valence-electron chi connectivity index (χ4n) is 4.61. The van der Waals surface area contributed by atoms with Gasteiger partial charge in [-0.3, -0.25) is 14.0 Å². The van der Waals surface area contributed by atoms with Crippen molar-refractivity contribution >= 4 is 39.8 Å². The van der Waals surface area contributed by atoms with Gasteiger partial charge >= 0.3 is 0 Å². The lowest BCUT2D eigenvalue weighted by Crippen LogP contribution is -2.47. The zero-order valence-corrected chi connectivity index (χ0v) is 18.4. The number of hydrogen-bond donors (Lipinski definition) is 1. The Kier molecular flexibility index (Phi) is 4.71. The number of benzene rings is 1. The largest absolute Gasteiger partial charge is 0.342 e. The molecule has 2 aliphatic rings. The Morgan fingerprint density at radius 2 is 1.97 bits per heavy atom. The Labute approximate surface area is 184 Å². The van der Waals surface area contributed by atoms with Crippen molar-refractivity contribution < 1.29 is 4.39 Å². The molecule has 10 heteroatoms. The highest BCUT2D eigenvalue weighted by Crippen LogP contribution is 2.39. The number of halogens is 2. The summed E-state index contributed by atoms with van der Waals surface area (Å²) in [6, 6.07) is 3.81. The number of aryl methyl sites for hydroxylation is 1. The maximum absolute atomic E-state index is 14.5. The van der Waals surface area contributed by atoms with E-state index >= 15 is 0 Å². The van der Waals surface area contributed by atoms with Gasteiger partial charge in [-0.05, 0) is 12.1 Å². The molecule has 0 saturated carbocycles. The van der Waals surface area contributed by atoms with Crippen molar-refractivity contribution in [1.29, 1.82) is 0 Å². The van der Waals surface area contributed by atoms with E-state index in [9.17, 15) is 9.18 Å². The third kappa shape index (κ3) is 3.18. The first-order valence-corrected chi connectivity index (χ1v) is 10.8. The number of hydrogen-bond acceptors (Lipinski definition) is 6. The molecular formula is C21H25ClFN7O. The predicted molar refractivity (Wildman–Crippen MR) is 120 cm³/mol. The van der Waals surface area contributed by atoms with E-state index in [-0.39, 0.29) is 12.1 Å². The van der Waals surface area contributed by atoms with E-state index in [0.29, 0.717) is 55.6 Å². The van der Waals surface area contributed by atoms with E-state index < -0.39 is 5.67 Å². The van der Waals surface area contributed by atoms with Gasteiger partial charge in [0.2, 0.25) is 5.95 Å². The number of anilines is 3. The molecule has 2 aliphatic heterocycles. The maximum Gasteiger partial charge on any atom is 0.278 e. The fourth-order valence-corrected chi connectivity index (χ4v) is 4.92. The maximum atomic E-state index is 14.5. The molecule has 1 fully saturated rings. The lowest BCUT2D eigenvalue weighted by atomic mass is 9.94. The molecule has 4 heterocycles. The Morgan fingerprint density at radius 3 is 2.68 bits per heavy atom. The molecule has 0 spiro atoms. The minimum Gasteiger partial charge on any atom is -0.342 e. The van der Waals surface area contributed by atoms with Gasteiger partial charge in [0, 0.05) is 71.1 Å². The normalized spacial score (nSPS) is 18.1. The van der Waals surface area contributed by atoms with Crippen LogP contribution in [0.2, 0.25) is 5.02 Å². The molecule has 31 heavy (non-hydrogen) atoms. The van der Waals surface area contributed by atoms with Crippen LogP contribution in [0.3, 0.4) is 0 Å². The van der Waals surface area contributed by atoms with Crippen molar-refractivity contribution in [3.63, 3.8) is 0 Å². The molecule has 8 nitrogen and oxygen atoms in total. The van der Waals surface area contributed by atoms with E-state index in [1.807, 2.05) is 35.2 Å². The summed E-state index contributed by atoms with van der Waals surface area (Å²) in [5, 5.41) is 5.81. The molecule has 1 aromatic carbocycles. The van der Waals surface area contributed by atoms with E-state index in [1.54, 1.807) is 16.3 Å². The number of nitrogens with zero attached hydrogens (tertiary/aromatic N) is 6. The average Bonchev–Trinajstić information content (AvgIpc) is 3.35. The Bertz CT molecular complexity index is 1230. The topological polar surface area (TPSA) is 85.2 Å². The first-order chi connectivity index (χ1) is 14.8. The number of alkyl halides is 1. The quantitative estimate of drug-likeness (QED) is 0.665. The van der Waals surface area contributed by atoms with Crippen LogP contribution in [-0.4, -0.2) is 51.2 Å². The molecule has 5 rings (SSSR count). The number of nitrogens with two attached hydrogens (primary N) is 1. The summed E-state index contributed by atoms with van der Waals surface area (Å²) in [7, 11) is 3.57. The molecule has 0 atom stereocenters. The first-order valence-electron chi connectivity index (χ1n) is 10.4. The van der Waals surface area contributed by atoms with Gasteiger partial charge in [-0.1, -0.05) is 11.6 Å². The summed E-state index contributed by atoms with van der Waals surface area (Å²) in [6.07, 6.45) is 3.19. The average molecular weight is 446 g/mol. The molecule has 2 N–H and O–H groups in total. The number of fused-ring (bicyclic) bond motifs is 2. The van der Waals surface area contributed by atoms with Crippen molar-refractivity contribution in [2.75, 3.05) is 36.0 Å². The second-order valence-electron chi connectivity index (χ2n) is 8.45. The molecule has 1 saturated heterocycles. The number of rotatable bonds is 3. The van der Waals surface area contributed by atoms with Crippen LogP contribution in [0.4, 0.5) is 21.7 Å². The van der Waals surface area contributed by atoms with Crippen LogP contribution in [0.1, 0.15) is 18.5 Å². The highest BCUT2D eigenvalue weighted by Gasteiger charge is 2.36. The van der Waals surface area contributed by atoms with Crippen molar-refractivity contribution in [2.24, 2.45) is 19.8 Å². The van der Waals surface area contributed by atoms with Gasteiger partial charge in [0.05, 0.1) is 21.9 Å². The minimum absolute atomic E-state index is 0.0222. The summed E-state index contributed by atoms with van der Waals surface area (Å²) >= 11 is 6.71. The van der Waals surface area contributed by atoms with Crippen LogP contribution in [0.25, 0.3) is 10.9 Å². The van der Waals surface area contributed by atoms with Crippen molar-refractivity contribution in [2.45, 2.75) is 24.9 Å². The standard InChI is InChI=1S/C21H25ClFN7O/c1-27-11-13-14(26-27)3-4-16(17(13)22)30-8-5-15-18(30)19(31)28(2)20(25-15)29-9-6-21(23,12-24)7-10-29/h3-4,11H,5-10,12,24H2,1-2H3. The summed E-state index contributed by atoms with van der Waals surface area (Å²) in [4.78, 5) is 22.1. The van der Waals surface area contributed by atoms with E-state index in [0.717, 1.165) is 22.3 Å². The van der Waals surface area contributed by atoms with E-state index in [1.165, 1.54) is 0 Å². The Balaban J connectivity index is 1.52. The third-order valence-corrected chi connectivity index (χ3v) is 6.87. The van der Waals surface area contributed by atoms with E-state index in [2.05, 4.69) is 5.10 Å². The lowest BCUT2D eigenvalue weighted by molar-refractivity contribution is 0.134. The number of aromatic nitrogens is 4. The van der Waals surface area contributed by atoms with Gasteiger partial charge in [0.1, 0.15) is 11.4 Å². The van der Waals surface area contributed by atoms with Gasteiger partial charge in [-0.15, -0.1) is 0 Å². The number of piperidine rings is 1. The van der Waals surface area contributed by atoms with Crippen LogP contribution >= 0.6 is 11.6 Å². The third-order valence-electron chi connectivity index (χ3n) is 6.47. The van der Waals surface area contributed by atoms with Crippen molar-refractivity contribution in [3.05, 3.63) is 39.4 Å². The molecule has 0 aliphatic carbocycles. The monoisotopic (exact) mass is 445 g/mol. The van der Waals surface area contributed by atoms with E-state index in [4.69, 9.17) is 22.3 Å². The molecule has 2 aromatic heterocycles. The highest BCUT2D eigenvalue weighted by molar-refractivity contribution is 6.38. The van der Waals surface area contributed by atoms with Gasteiger partial charge in [0.25, 0.3) is 5.56 Å². The predicted octanol–water partition coefficient (Wildman–Crippen LogP) is 2.28. The summed E-state index contributed by atoms with van der Waals surface area (Å²) in [5.74, 6) is 0.582.